The number of hydrogen-bond donors (Lipinski definition) is 3. The predicted molar refractivity (Wildman–Crippen MR) is 36.0 cm³/mol. The van der Waals surface area contributed by atoms with Crippen LogP contribution in [0.25, 0.3) is 0 Å². The molecule has 0 fully saturated rings. The summed E-state index contributed by atoms with van der Waals surface area (Å²) in [5, 5.41) is 10.4. The van der Waals surface area contributed by atoms with E-state index < -0.39 is 18.1 Å². The fourth-order valence-corrected chi connectivity index (χ4v) is 0.423. The lowest BCUT2D eigenvalue weighted by molar-refractivity contribution is -0.139. The fraction of sp³-hybridized carbons (Fsp3) is 0.600. The van der Waals surface area contributed by atoms with Crippen molar-refractivity contribution in [3.63, 3.8) is 0 Å². The number of carboxylic acid groups (broad SMARTS) is 1. The minimum Gasteiger partial charge on any atom is -0.480 e. The number of nitrogens with two attached hydrogens (primary N) is 1. The molecule has 0 spiro atoms. The van der Waals surface area contributed by atoms with Crippen LogP contribution < -0.4 is 11.1 Å². The molecule has 0 aliphatic carbocycles. The number of carboxylic acids is 1. The Morgan fingerprint density at radius 1 is 1.73 bits per heavy atom. The number of methoxy groups -OCH3 is 1. The maximum atomic E-state index is 10.4. The van der Waals surface area contributed by atoms with Crippen LogP contribution in [-0.2, 0) is 9.53 Å². The Kier molecular flexibility index (Phi) is 3.97. The molecule has 0 aromatic rings. The van der Waals surface area contributed by atoms with Crippen molar-refractivity contribution in [3.05, 3.63) is 0 Å². The summed E-state index contributed by atoms with van der Waals surface area (Å²) in [6.45, 7) is -0.162. The molecule has 1 atom stereocenters. The average molecular weight is 162 g/mol. The van der Waals surface area contributed by atoms with Crippen molar-refractivity contribution < 1.29 is 19.4 Å². The van der Waals surface area contributed by atoms with E-state index in [1.807, 2.05) is 5.32 Å². The van der Waals surface area contributed by atoms with Gasteiger partial charge in [0.25, 0.3) is 0 Å². The lowest BCUT2D eigenvalue weighted by Crippen LogP contribution is -2.45. The summed E-state index contributed by atoms with van der Waals surface area (Å²) in [6, 6.07) is -1.08. The van der Waals surface area contributed by atoms with Crippen molar-refractivity contribution in [1.82, 2.24) is 5.32 Å². The van der Waals surface area contributed by atoms with Crippen molar-refractivity contribution in [2.45, 2.75) is 6.04 Å². The third-order valence-electron chi connectivity index (χ3n) is 1.01. The molecule has 4 N–H and O–H groups in total. The predicted octanol–water partition coefficient (Wildman–Crippen LogP) is -1.25. The molecule has 0 radical (unpaired) electrons. The van der Waals surface area contributed by atoms with Gasteiger partial charge in [0.1, 0.15) is 6.04 Å². The van der Waals surface area contributed by atoms with Crippen LogP contribution in [0.4, 0.5) is 4.79 Å². The van der Waals surface area contributed by atoms with Crippen LogP contribution in [0.1, 0.15) is 0 Å². The SMILES string of the molecule is COC(=O)NC(CN)C(=O)O. The van der Waals surface area contributed by atoms with Crippen LogP contribution in [0, 0.1) is 0 Å². The van der Waals surface area contributed by atoms with Crippen LogP contribution in [0.5, 0.6) is 0 Å². The summed E-state index contributed by atoms with van der Waals surface area (Å²) in [5.41, 5.74) is 5.03. The summed E-state index contributed by atoms with van der Waals surface area (Å²) in [7, 11) is 1.14. The van der Waals surface area contributed by atoms with E-state index in [9.17, 15) is 9.59 Å². The van der Waals surface area contributed by atoms with Gasteiger partial charge in [-0.05, 0) is 0 Å². The molecule has 1 amide bonds. The van der Waals surface area contributed by atoms with E-state index in [4.69, 9.17) is 10.8 Å². The lowest BCUT2D eigenvalue weighted by atomic mass is 10.3. The van der Waals surface area contributed by atoms with E-state index in [1.54, 1.807) is 0 Å². The van der Waals surface area contributed by atoms with Gasteiger partial charge in [0.05, 0.1) is 7.11 Å². The number of aliphatic carboxylic acids is 1. The summed E-state index contributed by atoms with van der Waals surface area (Å²) < 4.78 is 4.16. The van der Waals surface area contributed by atoms with Crippen molar-refractivity contribution in [2.24, 2.45) is 5.73 Å². The average Bonchev–Trinajstić information content (AvgIpc) is 1.99. The van der Waals surface area contributed by atoms with E-state index in [-0.39, 0.29) is 6.54 Å². The Morgan fingerprint density at radius 3 is 2.55 bits per heavy atom. The Balaban J connectivity index is 3.88. The number of ether oxygens (including phenoxy) is 1. The lowest BCUT2D eigenvalue weighted by Gasteiger charge is -2.09. The first-order valence-electron chi connectivity index (χ1n) is 2.89. The van der Waals surface area contributed by atoms with Gasteiger partial charge in [-0.15, -0.1) is 0 Å². The molecule has 0 saturated carbocycles. The number of hydrogen-bond acceptors (Lipinski definition) is 4. The third kappa shape index (κ3) is 3.41. The molecular formula is C5H10N2O4. The summed E-state index contributed by atoms with van der Waals surface area (Å²) >= 11 is 0. The van der Waals surface area contributed by atoms with E-state index >= 15 is 0 Å². The van der Waals surface area contributed by atoms with E-state index in [2.05, 4.69) is 4.74 Å². The fourth-order valence-electron chi connectivity index (χ4n) is 0.423. The van der Waals surface area contributed by atoms with Gasteiger partial charge in [-0.3, -0.25) is 0 Å². The molecule has 6 heteroatoms. The maximum Gasteiger partial charge on any atom is 0.407 e. The van der Waals surface area contributed by atoms with E-state index in [1.165, 1.54) is 0 Å². The highest BCUT2D eigenvalue weighted by atomic mass is 16.5. The molecule has 0 heterocycles. The molecule has 0 aromatic heterocycles. The standard InChI is InChI=1S/C5H10N2O4/c1-11-5(10)7-3(2-6)4(8)9/h3H,2,6H2,1H3,(H,7,10)(H,8,9). The van der Waals surface area contributed by atoms with Crippen molar-refractivity contribution in [2.75, 3.05) is 13.7 Å². The molecule has 11 heavy (non-hydrogen) atoms. The number of amides is 1. The normalized spacial score (nSPS) is 11.8. The molecule has 0 aromatic carbocycles. The first-order chi connectivity index (χ1) is 5.11. The topological polar surface area (TPSA) is 102 Å². The van der Waals surface area contributed by atoms with Gasteiger partial charge in [-0.2, -0.15) is 0 Å². The van der Waals surface area contributed by atoms with Gasteiger partial charge in [0.2, 0.25) is 0 Å². The number of nitrogens with one attached hydrogen (secondary N) is 1. The molecular weight excluding hydrogens is 152 g/mol. The highest BCUT2D eigenvalue weighted by Crippen LogP contribution is 1.81. The molecule has 0 saturated heterocycles. The largest absolute Gasteiger partial charge is 0.480 e. The zero-order valence-electron chi connectivity index (χ0n) is 6.03. The molecule has 0 aliphatic rings. The Bertz CT molecular complexity index is 159. The molecule has 0 bridgehead atoms. The third-order valence-corrected chi connectivity index (χ3v) is 1.01. The minimum absolute atomic E-state index is 0.162. The molecule has 1 unspecified atom stereocenters. The Labute approximate surface area is 63.3 Å². The smallest absolute Gasteiger partial charge is 0.407 e. The van der Waals surface area contributed by atoms with E-state index in [0.29, 0.717) is 0 Å². The van der Waals surface area contributed by atoms with Crippen LogP contribution in [0.3, 0.4) is 0 Å². The second-order valence-corrected chi connectivity index (χ2v) is 1.76. The summed E-state index contributed by atoms with van der Waals surface area (Å²) in [6.07, 6.45) is -0.803. The van der Waals surface area contributed by atoms with Gasteiger partial charge in [0, 0.05) is 6.54 Å². The Hall–Kier alpha value is -1.30. The quantitative estimate of drug-likeness (QED) is 0.481. The van der Waals surface area contributed by atoms with Crippen LogP contribution >= 0.6 is 0 Å². The van der Waals surface area contributed by atoms with Gasteiger partial charge in [0.15, 0.2) is 0 Å². The summed E-state index contributed by atoms with van der Waals surface area (Å²) in [4.78, 5) is 20.7. The van der Waals surface area contributed by atoms with Gasteiger partial charge in [-0.1, -0.05) is 0 Å². The van der Waals surface area contributed by atoms with Crippen molar-refractivity contribution in [3.8, 4) is 0 Å². The molecule has 0 aliphatic heterocycles. The van der Waals surface area contributed by atoms with Gasteiger partial charge >= 0.3 is 12.1 Å². The highest BCUT2D eigenvalue weighted by molar-refractivity contribution is 5.79. The molecule has 64 valence electrons. The summed E-state index contributed by atoms with van der Waals surface area (Å²) in [5.74, 6) is -1.18. The number of carbonyl (C=O) groups is 2. The maximum absolute atomic E-state index is 10.4. The second-order valence-electron chi connectivity index (χ2n) is 1.76. The second kappa shape index (κ2) is 4.51. The highest BCUT2D eigenvalue weighted by Gasteiger charge is 2.17. The number of carbonyl (C=O) groups excluding carboxylic acids is 1. The molecule has 0 rings (SSSR count). The minimum atomic E-state index is -1.18. The van der Waals surface area contributed by atoms with Crippen LogP contribution in [0.2, 0.25) is 0 Å². The first-order valence-corrected chi connectivity index (χ1v) is 2.89. The monoisotopic (exact) mass is 162 g/mol. The number of alkyl carbamates (subject to hydrolysis) is 1. The zero-order valence-corrected chi connectivity index (χ0v) is 6.03. The molecule has 6 nitrogen and oxygen atoms in total. The van der Waals surface area contributed by atoms with Crippen LogP contribution in [0.15, 0.2) is 0 Å². The first kappa shape index (κ1) is 9.70. The van der Waals surface area contributed by atoms with Crippen LogP contribution in [-0.4, -0.2) is 36.9 Å². The van der Waals surface area contributed by atoms with Gasteiger partial charge < -0.3 is 20.9 Å². The zero-order chi connectivity index (χ0) is 8.85. The number of rotatable bonds is 3. The Morgan fingerprint density at radius 2 is 2.27 bits per heavy atom. The van der Waals surface area contributed by atoms with Crippen molar-refractivity contribution >= 4 is 12.1 Å². The van der Waals surface area contributed by atoms with Gasteiger partial charge in [-0.25, -0.2) is 9.59 Å². The van der Waals surface area contributed by atoms with E-state index in [0.717, 1.165) is 7.11 Å². The van der Waals surface area contributed by atoms with Crippen molar-refractivity contribution in [1.29, 1.82) is 0 Å².